The summed E-state index contributed by atoms with van der Waals surface area (Å²) in [5.74, 6) is 2.64. The van der Waals surface area contributed by atoms with Crippen molar-refractivity contribution < 1.29 is 18.9 Å². The SMILES string of the molecule is CC(C1=NN=C(c2cccc(C(C=Nc3ccc(OCCCN)c(OCCCN)c3)N=N)c2)CC1)c1ccc(OCCCN)c(OCCCN)c1. The molecule has 13 heteroatoms. The maximum atomic E-state index is 7.92. The maximum absolute atomic E-state index is 7.92. The third-order valence-electron chi connectivity index (χ3n) is 8.30. The topological polar surface area (TPSA) is 214 Å². The lowest BCUT2D eigenvalue weighted by Gasteiger charge is -2.20. The molecule has 13 nitrogen and oxygen atoms in total. The summed E-state index contributed by atoms with van der Waals surface area (Å²) >= 11 is 0. The molecule has 1 heterocycles. The van der Waals surface area contributed by atoms with Crippen molar-refractivity contribution in [2.24, 2.45) is 43.2 Å². The number of ether oxygens (including phenoxy) is 4. The summed E-state index contributed by atoms with van der Waals surface area (Å²) in [5.41, 5.74) is 35.9. The Hall–Kier alpha value is -4.69. The van der Waals surface area contributed by atoms with Crippen LogP contribution in [0.25, 0.3) is 0 Å². The van der Waals surface area contributed by atoms with Gasteiger partial charge in [0, 0.05) is 23.9 Å². The van der Waals surface area contributed by atoms with Gasteiger partial charge < -0.3 is 41.9 Å². The molecule has 0 aromatic heterocycles. The van der Waals surface area contributed by atoms with E-state index in [4.69, 9.17) is 47.4 Å². The number of aliphatic imine (C=N–C) groups is 1. The second-order valence-electron chi connectivity index (χ2n) is 12.1. The molecule has 274 valence electrons. The molecular weight excluding hydrogens is 646 g/mol. The number of hydrogen-bond acceptors (Lipinski definition) is 13. The van der Waals surface area contributed by atoms with Crippen LogP contribution in [0.15, 0.2) is 81.0 Å². The number of nitrogens with one attached hydrogen (secondary N) is 1. The highest BCUT2D eigenvalue weighted by atomic mass is 16.5. The van der Waals surface area contributed by atoms with Crippen molar-refractivity contribution in [2.45, 2.75) is 57.4 Å². The number of rotatable bonds is 23. The molecule has 9 N–H and O–H groups in total. The fraction of sp³-hybridized carbons (Fsp3) is 0.447. The first-order chi connectivity index (χ1) is 25.0. The highest BCUT2D eigenvalue weighted by molar-refractivity contribution is 6.06. The second-order valence-corrected chi connectivity index (χ2v) is 12.1. The summed E-state index contributed by atoms with van der Waals surface area (Å²) in [5, 5.41) is 13.2. The van der Waals surface area contributed by atoms with Gasteiger partial charge in [-0.1, -0.05) is 31.2 Å². The predicted octanol–water partition coefficient (Wildman–Crippen LogP) is 5.81. The van der Waals surface area contributed by atoms with E-state index in [1.807, 2.05) is 54.6 Å². The van der Waals surface area contributed by atoms with Crippen molar-refractivity contribution in [1.82, 2.24) is 0 Å². The number of nitrogens with zero attached hydrogens (tertiary/aromatic N) is 4. The van der Waals surface area contributed by atoms with Crippen LogP contribution in [0.1, 0.15) is 74.1 Å². The van der Waals surface area contributed by atoms with Crippen LogP contribution in [0.4, 0.5) is 5.69 Å². The van der Waals surface area contributed by atoms with Crippen LogP contribution in [0.3, 0.4) is 0 Å². The molecule has 0 radical (unpaired) electrons. The molecule has 0 aliphatic carbocycles. The molecule has 4 rings (SSSR count). The van der Waals surface area contributed by atoms with E-state index in [2.05, 4.69) is 33.3 Å². The summed E-state index contributed by atoms with van der Waals surface area (Å²) < 4.78 is 23.8. The smallest absolute Gasteiger partial charge is 0.163 e. The number of hydrogen-bond donors (Lipinski definition) is 5. The Morgan fingerprint density at radius 2 is 1.27 bits per heavy atom. The van der Waals surface area contributed by atoms with E-state index < -0.39 is 6.04 Å². The Morgan fingerprint density at radius 3 is 1.84 bits per heavy atom. The van der Waals surface area contributed by atoms with Crippen molar-refractivity contribution in [3.63, 3.8) is 0 Å². The standard InChI is InChI=1S/C38H53N9O4/c1-27(28-9-13-35(48-19-3-15-39)37(24-28)50-21-5-17-41)32-11-12-33(47-46-32)29-7-2-8-30(23-29)34(45-43)26-44-31-10-14-36(49-20-4-16-40)38(25-31)51-22-6-18-42/h2,7-10,13-14,23-27,34,43H,3-6,11-12,15-22,39-42H2,1H3. The molecule has 0 fully saturated rings. The van der Waals surface area contributed by atoms with Crippen LogP contribution in [0.2, 0.25) is 0 Å². The molecule has 1 aliphatic rings. The first-order valence-corrected chi connectivity index (χ1v) is 17.7. The van der Waals surface area contributed by atoms with Gasteiger partial charge in [0.25, 0.3) is 0 Å². The van der Waals surface area contributed by atoms with Crippen LogP contribution in [0.5, 0.6) is 23.0 Å². The third kappa shape index (κ3) is 12.0. The molecule has 0 bridgehead atoms. The molecule has 0 amide bonds. The van der Waals surface area contributed by atoms with E-state index in [-0.39, 0.29) is 5.92 Å². The van der Waals surface area contributed by atoms with E-state index >= 15 is 0 Å². The zero-order chi connectivity index (χ0) is 36.3. The normalized spacial score (nSPS) is 14.1. The highest BCUT2D eigenvalue weighted by Crippen LogP contribution is 2.34. The van der Waals surface area contributed by atoms with Gasteiger partial charge in [-0.2, -0.15) is 15.3 Å². The maximum Gasteiger partial charge on any atom is 0.163 e. The molecule has 3 aromatic rings. The van der Waals surface area contributed by atoms with Crippen molar-refractivity contribution in [2.75, 3.05) is 52.6 Å². The van der Waals surface area contributed by atoms with Gasteiger partial charge in [0.15, 0.2) is 23.0 Å². The summed E-state index contributed by atoms with van der Waals surface area (Å²) in [4.78, 5) is 4.63. The van der Waals surface area contributed by atoms with E-state index in [0.717, 1.165) is 66.6 Å². The van der Waals surface area contributed by atoms with Crippen LogP contribution in [-0.2, 0) is 0 Å². The lowest BCUT2D eigenvalue weighted by molar-refractivity contribution is 0.265. The Morgan fingerprint density at radius 1 is 0.686 bits per heavy atom. The molecule has 51 heavy (non-hydrogen) atoms. The fourth-order valence-electron chi connectivity index (χ4n) is 5.32. The summed E-state index contributed by atoms with van der Waals surface area (Å²) in [6.07, 6.45) is 6.12. The molecular formula is C38H53N9O4. The summed E-state index contributed by atoms with van der Waals surface area (Å²) in [6.45, 7) is 6.32. The van der Waals surface area contributed by atoms with Crippen LogP contribution < -0.4 is 41.9 Å². The van der Waals surface area contributed by atoms with Gasteiger partial charge in [-0.3, -0.25) is 4.99 Å². The number of benzene rings is 3. The van der Waals surface area contributed by atoms with E-state index in [9.17, 15) is 0 Å². The minimum Gasteiger partial charge on any atom is -0.490 e. The van der Waals surface area contributed by atoms with Crippen LogP contribution in [-0.4, -0.2) is 70.2 Å². The third-order valence-corrected chi connectivity index (χ3v) is 8.30. The van der Waals surface area contributed by atoms with Crippen molar-refractivity contribution in [3.8, 4) is 23.0 Å². The van der Waals surface area contributed by atoms with Gasteiger partial charge in [0.2, 0.25) is 0 Å². The van der Waals surface area contributed by atoms with Gasteiger partial charge in [0.05, 0.1) is 37.8 Å². The van der Waals surface area contributed by atoms with Crippen molar-refractivity contribution in [3.05, 3.63) is 77.4 Å². The molecule has 2 unspecified atom stereocenters. The average Bonchev–Trinajstić information content (AvgIpc) is 3.16. The van der Waals surface area contributed by atoms with E-state index in [1.165, 1.54) is 0 Å². The minimum atomic E-state index is -0.584. The monoisotopic (exact) mass is 699 g/mol. The van der Waals surface area contributed by atoms with E-state index in [1.54, 1.807) is 6.21 Å². The molecule has 0 spiro atoms. The first-order valence-electron chi connectivity index (χ1n) is 17.7. The number of nitrogens with two attached hydrogens (primary N) is 4. The Kier molecular flexibility index (Phi) is 16.5. The van der Waals surface area contributed by atoms with Crippen LogP contribution >= 0.6 is 0 Å². The predicted molar refractivity (Wildman–Crippen MR) is 204 cm³/mol. The van der Waals surface area contributed by atoms with Gasteiger partial charge in [-0.25, -0.2) is 5.53 Å². The molecule has 2 atom stereocenters. The minimum absolute atomic E-state index is 0.0393. The Balaban J connectivity index is 1.47. The molecule has 3 aromatic carbocycles. The van der Waals surface area contributed by atoms with Gasteiger partial charge in [-0.05, 0) is 112 Å². The second kappa shape index (κ2) is 21.5. The lowest BCUT2D eigenvalue weighted by atomic mass is 9.90. The summed E-state index contributed by atoms with van der Waals surface area (Å²) in [7, 11) is 0. The molecule has 0 saturated heterocycles. The zero-order valence-corrected chi connectivity index (χ0v) is 29.6. The van der Waals surface area contributed by atoms with Gasteiger partial charge >= 0.3 is 0 Å². The van der Waals surface area contributed by atoms with Crippen LogP contribution in [0, 0.1) is 5.53 Å². The first kappa shape index (κ1) is 39.1. The summed E-state index contributed by atoms with van der Waals surface area (Å²) in [6, 6.07) is 18.8. The molecule has 1 aliphatic heterocycles. The van der Waals surface area contributed by atoms with Crippen molar-refractivity contribution in [1.29, 1.82) is 5.53 Å². The van der Waals surface area contributed by atoms with Crippen molar-refractivity contribution >= 4 is 23.3 Å². The highest BCUT2D eigenvalue weighted by Gasteiger charge is 2.21. The zero-order valence-electron chi connectivity index (χ0n) is 29.6. The largest absolute Gasteiger partial charge is 0.490 e. The fourth-order valence-corrected chi connectivity index (χ4v) is 5.32. The molecule has 0 saturated carbocycles. The lowest BCUT2D eigenvalue weighted by Crippen LogP contribution is -2.16. The quantitative estimate of drug-likeness (QED) is 0.0461. The average molecular weight is 700 g/mol. The Labute approximate surface area is 301 Å². The van der Waals surface area contributed by atoms with Gasteiger partial charge in [0.1, 0.15) is 6.04 Å². The van der Waals surface area contributed by atoms with Gasteiger partial charge in [-0.15, -0.1) is 0 Å². The van der Waals surface area contributed by atoms with E-state index in [0.29, 0.717) is 81.3 Å². The Bertz CT molecular complexity index is 1630.